The molecule has 0 radical (unpaired) electrons. The SMILES string of the molecule is Cc1c(CN(Cc2ccccn2)Cc2ccccn2)cc(O)cc1CN(Cc1ccccn1)Cc1ccccc1O. The molecule has 2 aromatic carbocycles. The highest BCUT2D eigenvalue weighted by molar-refractivity contribution is 5.41. The average Bonchev–Trinajstić information content (AvgIpc) is 2.98. The summed E-state index contributed by atoms with van der Waals surface area (Å²) in [6, 6.07) is 28.9. The van der Waals surface area contributed by atoms with Crippen molar-refractivity contribution in [3.05, 3.63) is 149 Å². The number of aromatic nitrogens is 3. The quantitative estimate of drug-likeness (QED) is 0.199. The van der Waals surface area contributed by atoms with Crippen LogP contribution in [0.1, 0.15) is 39.3 Å². The molecular formula is C34H35N5O2. The topological polar surface area (TPSA) is 85.6 Å². The number of aromatic hydroxyl groups is 2. The molecule has 7 nitrogen and oxygen atoms in total. The van der Waals surface area contributed by atoms with Crippen LogP contribution in [0.15, 0.2) is 110 Å². The van der Waals surface area contributed by atoms with E-state index >= 15 is 0 Å². The van der Waals surface area contributed by atoms with E-state index in [0.717, 1.165) is 39.3 Å². The van der Waals surface area contributed by atoms with E-state index in [0.29, 0.717) is 39.3 Å². The van der Waals surface area contributed by atoms with E-state index in [4.69, 9.17) is 0 Å². The number of nitrogens with zero attached hydrogens (tertiary/aromatic N) is 5. The van der Waals surface area contributed by atoms with Gasteiger partial charge in [-0.25, -0.2) is 0 Å². The molecule has 0 aliphatic heterocycles. The van der Waals surface area contributed by atoms with Gasteiger partial charge < -0.3 is 10.2 Å². The van der Waals surface area contributed by atoms with Crippen LogP contribution in [0.25, 0.3) is 0 Å². The monoisotopic (exact) mass is 545 g/mol. The van der Waals surface area contributed by atoms with Crippen molar-refractivity contribution in [3.63, 3.8) is 0 Å². The number of hydrogen-bond acceptors (Lipinski definition) is 7. The molecule has 0 aliphatic rings. The van der Waals surface area contributed by atoms with Crippen molar-refractivity contribution in [1.82, 2.24) is 24.8 Å². The Morgan fingerprint density at radius 1 is 0.512 bits per heavy atom. The Hall–Kier alpha value is -4.59. The summed E-state index contributed by atoms with van der Waals surface area (Å²) in [6.07, 6.45) is 5.42. The van der Waals surface area contributed by atoms with Crippen molar-refractivity contribution in [2.75, 3.05) is 0 Å². The lowest BCUT2D eigenvalue weighted by Crippen LogP contribution is -2.25. The molecule has 0 amide bonds. The van der Waals surface area contributed by atoms with Crippen LogP contribution in [0.2, 0.25) is 0 Å². The molecule has 0 fully saturated rings. The predicted octanol–water partition coefficient (Wildman–Crippen LogP) is 6.00. The second-order valence-electron chi connectivity index (χ2n) is 10.3. The first kappa shape index (κ1) is 28.0. The third-order valence-electron chi connectivity index (χ3n) is 7.12. The molecule has 0 bridgehead atoms. The molecule has 7 heteroatoms. The lowest BCUT2D eigenvalue weighted by Gasteiger charge is -2.26. The van der Waals surface area contributed by atoms with Crippen LogP contribution in [0.4, 0.5) is 0 Å². The highest BCUT2D eigenvalue weighted by Crippen LogP contribution is 2.27. The maximum atomic E-state index is 10.8. The van der Waals surface area contributed by atoms with Gasteiger partial charge in [-0.05, 0) is 78.2 Å². The van der Waals surface area contributed by atoms with E-state index < -0.39 is 0 Å². The van der Waals surface area contributed by atoms with Crippen molar-refractivity contribution >= 4 is 0 Å². The van der Waals surface area contributed by atoms with E-state index in [2.05, 4.69) is 31.7 Å². The maximum Gasteiger partial charge on any atom is 0.120 e. The van der Waals surface area contributed by atoms with Crippen LogP contribution < -0.4 is 0 Å². The number of pyridine rings is 3. The van der Waals surface area contributed by atoms with E-state index in [1.54, 1.807) is 12.3 Å². The number of hydrogen-bond donors (Lipinski definition) is 2. The van der Waals surface area contributed by atoms with Crippen molar-refractivity contribution in [2.45, 2.75) is 46.2 Å². The molecule has 0 atom stereocenters. The Balaban J connectivity index is 1.42. The normalized spacial score (nSPS) is 11.3. The summed E-state index contributed by atoms with van der Waals surface area (Å²) >= 11 is 0. The average molecular weight is 546 g/mol. The Morgan fingerprint density at radius 3 is 1.37 bits per heavy atom. The van der Waals surface area contributed by atoms with Gasteiger partial charge in [-0.2, -0.15) is 0 Å². The molecular weight excluding hydrogens is 510 g/mol. The van der Waals surface area contributed by atoms with Crippen molar-refractivity contribution < 1.29 is 10.2 Å². The number of rotatable bonds is 12. The number of benzene rings is 2. The molecule has 2 N–H and O–H groups in total. The van der Waals surface area contributed by atoms with Gasteiger partial charge in [0.1, 0.15) is 11.5 Å². The maximum absolute atomic E-state index is 10.8. The third kappa shape index (κ3) is 7.97. The van der Waals surface area contributed by atoms with Crippen molar-refractivity contribution in [2.24, 2.45) is 0 Å². The summed E-state index contributed by atoms with van der Waals surface area (Å²) in [5, 5.41) is 21.3. The first-order valence-electron chi connectivity index (χ1n) is 13.8. The molecule has 0 saturated heterocycles. The molecule has 5 aromatic rings. The fourth-order valence-corrected chi connectivity index (χ4v) is 5.01. The molecule has 41 heavy (non-hydrogen) atoms. The van der Waals surface area contributed by atoms with E-state index in [1.165, 1.54) is 0 Å². The third-order valence-corrected chi connectivity index (χ3v) is 7.12. The lowest BCUT2D eigenvalue weighted by molar-refractivity contribution is 0.236. The summed E-state index contributed by atoms with van der Waals surface area (Å²) in [5.74, 6) is 0.503. The standard InChI is InChI=1S/C34H35N5O2/c1-26-28(21-38(23-30-11-4-7-15-35-30)20-27-10-2-3-14-34(27)41)18-33(40)19-29(26)22-39(24-31-12-5-8-16-36-31)25-32-13-6-9-17-37-32/h2-19,40-41H,20-25H2,1H3. The summed E-state index contributed by atoms with van der Waals surface area (Å²) in [5.41, 5.74) is 6.94. The number of phenolic OH excluding ortho intramolecular Hbond substituents is 2. The Morgan fingerprint density at radius 2 is 0.927 bits per heavy atom. The van der Waals surface area contributed by atoms with Gasteiger partial charge in [0.15, 0.2) is 0 Å². The largest absolute Gasteiger partial charge is 0.508 e. The molecule has 0 saturated carbocycles. The Bertz CT molecular complexity index is 1490. The van der Waals surface area contributed by atoms with Crippen molar-refractivity contribution in [3.8, 4) is 11.5 Å². The van der Waals surface area contributed by atoms with Crippen LogP contribution in [-0.2, 0) is 39.3 Å². The molecule has 0 unspecified atom stereocenters. The zero-order valence-electron chi connectivity index (χ0n) is 23.3. The first-order valence-corrected chi connectivity index (χ1v) is 13.8. The number of para-hydroxylation sites is 1. The van der Waals surface area contributed by atoms with Gasteiger partial charge in [-0.3, -0.25) is 24.8 Å². The predicted molar refractivity (Wildman–Crippen MR) is 160 cm³/mol. The zero-order valence-corrected chi connectivity index (χ0v) is 23.3. The molecule has 0 spiro atoms. The highest BCUT2D eigenvalue weighted by Gasteiger charge is 2.17. The Kier molecular flexibility index (Phi) is 9.31. The minimum absolute atomic E-state index is 0.233. The van der Waals surface area contributed by atoms with Crippen LogP contribution >= 0.6 is 0 Å². The fourth-order valence-electron chi connectivity index (χ4n) is 5.01. The van der Waals surface area contributed by atoms with Gasteiger partial charge in [0.05, 0.1) is 17.1 Å². The number of phenols is 2. The van der Waals surface area contributed by atoms with Gasteiger partial charge in [0, 0.05) is 63.4 Å². The van der Waals surface area contributed by atoms with Gasteiger partial charge in [-0.1, -0.05) is 36.4 Å². The van der Waals surface area contributed by atoms with Gasteiger partial charge in [0.2, 0.25) is 0 Å². The summed E-state index contributed by atoms with van der Waals surface area (Å²) in [4.78, 5) is 18.1. The van der Waals surface area contributed by atoms with Crippen LogP contribution in [0, 0.1) is 6.92 Å². The van der Waals surface area contributed by atoms with Crippen LogP contribution in [0.3, 0.4) is 0 Å². The lowest BCUT2D eigenvalue weighted by atomic mass is 10.00. The van der Waals surface area contributed by atoms with Crippen LogP contribution in [0.5, 0.6) is 11.5 Å². The van der Waals surface area contributed by atoms with Gasteiger partial charge in [-0.15, -0.1) is 0 Å². The minimum atomic E-state index is 0.233. The molecule has 3 heterocycles. The van der Waals surface area contributed by atoms with E-state index in [1.807, 2.05) is 97.3 Å². The first-order chi connectivity index (χ1) is 20.0. The molecule has 3 aromatic heterocycles. The molecule has 208 valence electrons. The van der Waals surface area contributed by atoms with Crippen LogP contribution in [-0.4, -0.2) is 35.0 Å². The summed E-state index contributed by atoms with van der Waals surface area (Å²) in [7, 11) is 0. The van der Waals surface area contributed by atoms with Crippen molar-refractivity contribution in [1.29, 1.82) is 0 Å². The minimum Gasteiger partial charge on any atom is -0.508 e. The summed E-state index contributed by atoms with van der Waals surface area (Å²) < 4.78 is 0. The smallest absolute Gasteiger partial charge is 0.120 e. The van der Waals surface area contributed by atoms with Gasteiger partial charge >= 0.3 is 0 Å². The second kappa shape index (κ2) is 13.7. The van der Waals surface area contributed by atoms with Gasteiger partial charge in [0.25, 0.3) is 0 Å². The zero-order chi connectivity index (χ0) is 28.4. The van der Waals surface area contributed by atoms with E-state index in [9.17, 15) is 10.2 Å². The second-order valence-corrected chi connectivity index (χ2v) is 10.3. The van der Waals surface area contributed by atoms with E-state index in [-0.39, 0.29) is 11.5 Å². The summed E-state index contributed by atoms with van der Waals surface area (Å²) in [6.45, 7) is 5.77. The Labute approximate surface area is 241 Å². The molecule has 5 rings (SSSR count). The fraction of sp³-hybridized carbons (Fsp3) is 0.206. The molecule has 0 aliphatic carbocycles. The highest BCUT2D eigenvalue weighted by atomic mass is 16.3.